The van der Waals surface area contributed by atoms with Crippen molar-refractivity contribution < 1.29 is 18.0 Å². The standard InChI is InChI=1S/C18H17F3N6O/c1-11-8-16-24-13(9-15(18(19,20)21)27(16)25-11)12-2-6-26(7-3-12)17(28)14-10-22-4-5-23-14/h4-5,8-10,12H,2-3,6-7H2,1H3. The van der Waals surface area contributed by atoms with E-state index >= 15 is 0 Å². The molecule has 3 aromatic heterocycles. The fourth-order valence-corrected chi connectivity index (χ4v) is 3.47. The third-order valence-corrected chi connectivity index (χ3v) is 4.84. The summed E-state index contributed by atoms with van der Waals surface area (Å²) in [5.74, 6) is -0.385. The summed E-state index contributed by atoms with van der Waals surface area (Å²) < 4.78 is 41.3. The third kappa shape index (κ3) is 3.41. The van der Waals surface area contributed by atoms with Crippen LogP contribution >= 0.6 is 0 Å². The summed E-state index contributed by atoms with van der Waals surface area (Å²) in [7, 11) is 0. The van der Waals surface area contributed by atoms with Crippen LogP contribution in [0.3, 0.4) is 0 Å². The smallest absolute Gasteiger partial charge is 0.337 e. The van der Waals surface area contributed by atoms with E-state index in [2.05, 4.69) is 20.1 Å². The number of rotatable bonds is 2. The molecular weight excluding hydrogens is 373 g/mol. The number of carbonyl (C=O) groups excluding carboxylic acids is 1. The van der Waals surface area contributed by atoms with Crippen molar-refractivity contribution in [3.05, 3.63) is 53.5 Å². The van der Waals surface area contributed by atoms with Crippen LogP contribution in [0.1, 0.15) is 46.3 Å². The van der Waals surface area contributed by atoms with Gasteiger partial charge in [0.2, 0.25) is 0 Å². The maximum absolute atomic E-state index is 13.5. The van der Waals surface area contributed by atoms with Gasteiger partial charge in [-0.1, -0.05) is 0 Å². The van der Waals surface area contributed by atoms with Gasteiger partial charge in [-0.05, 0) is 25.8 Å². The van der Waals surface area contributed by atoms with Gasteiger partial charge in [0.15, 0.2) is 5.65 Å². The monoisotopic (exact) mass is 390 g/mol. The van der Waals surface area contributed by atoms with Crippen molar-refractivity contribution in [3.8, 4) is 0 Å². The minimum absolute atomic E-state index is 0.160. The molecule has 10 heteroatoms. The molecular formula is C18H17F3N6O. The predicted molar refractivity (Wildman–Crippen MR) is 92.6 cm³/mol. The quantitative estimate of drug-likeness (QED) is 0.673. The number of alkyl halides is 3. The number of fused-ring (bicyclic) bond motifs is 1. The van der Waals surface area contributed by atoms with E-state index in [4.69, 9.17) is 0 Å². The number of hydrogen-bond acceptors (Lipinski definition) is 5. The molecule has 0 atom stereocenters. The van der Waals surface area contributed by atoms with Gasteiger partial charge in [0.05, 0.1) is 11.9 Å². The largest absolute Gasteiger partial charge is 0.433 e. The molecule has 0 unspecified atom stereocenters. The van der Waals surface area contributed by atoms with Gasteiger partial charge in [0, 0.05) is 43.2 Å². The summed E-state index contributed by atoms with van der Waals surface area (Å²) in [6.07, 6.45) is 0.865. The number of nitrogens with zero attached hydrogens (tertiary/aromatic N) is 6. The SMILES string of the molecule is Cc1cc2nc(C3CCN(C(=O)c4cnccn4)CC3)cc(C(F)(F)F)n2n1. The Morgan fingerprint density at radius 2 is 1.93 bits per heavy atom. The van der Waals surface area contributed by atoms with Crippen molar-refractivity contribution in [3.63, 3.8) is 0 Å². The van der Waals surface area contributed by atoms with Crippen molar-refractivity contribution in [2.24, 2.45) is 0 Å². The first kappa shape index (κ1) is 18.3. The number of aromatic nitrogens is 5. The first-order chi connectivity index (χ1) is 13.3. The minimum Gasteiger partial charge on any atom is -0.337 e. The fraction of sp³-hybridized carbons (Fsp3) is 0.389. The summed E-state index contributed by atoms with van der Waals surface area (Å²) in [5.41, 5.74) is 0.458. The second kappa shape index (κ2) is 6.84. The molecule has 1 amide bonds. The Morgan fingerprint density at radius 1 is 1.18 bits per heavy atom. The van der Waals surface area contributed by atoms with Gasteiger partial charge in [-0.15, -0.1) is 0 Å². The van der Waals surface area contributed by atoms with Gasteiger partial charge in [0.1, 0.15) is 11.4 Å². The Bertz CT molecular complexity index is 1010. The molecule has 1 saturated heterocycles. The van der Waals surface area contributed by atoms with Crippen molar-refractivity contribution in [1.29, 1.82) is 0 Å². The number of carbonyl (C=O) groups is 1. The van der Waals surface area contributed by atoms with E-state index in [0.29, 0.717) is 37.3 Å². The second-order valence-corrected chi connectivity index (χ2v) is 6.78. The Hall–Kier alpha value is -3.04. The maximum Gasteiger partial charge on any atom is 0.433 e. The van der Waals surface area contributed by atoms with E-state index in [1.165, 1.54) is 24.7 Å². The Balaban J connectivity index is 1.56. The van der Waals surface area contributed by atoms with Crippen LogP contribution in [-0.4, -0.2) is 48.5 Å². The lowest BCUT2D eigenvalue weighted by molar-refractivity contribution is -0.142. The molecule has 1 aliphatic heterocycles. The summed E-state index contributed by atoms with van der Waals surface area (Å²) in [6.45, 7) is 2.48. The molecule has 1 fully saturated rings. The average Bonchev–Trinajstić information content (AvgIpc) is 3.06. The molecule has 28 heavy (non-hydrogen) atoms. The van der Waals surface area contributed by atoms with E-state index in [-0.39, 0.29) is 23.2 Å². The van der Waals surface area contributed by atoms with Gasteiger partial charge in [-0.25, -0.2) is 14.5 Å². The molecule has 3 aromatic rings. The van der Waals surface area contributed by atoms with Crippen molar-refractivity contribution in [2.45, 2.75) is 31.9 Å². The highest BCUT2D eigenvalue weighted by atomic mass is 19.4. The Kier molecular flexibility index (Phi) is 4.48. The van der Waals surface area contributed by atoms with Crippen molar-refractivity contribution in [2.75, 3.05) is 13.1 Å². The number of piperidine rings is 1. The molecule has 0 bridgehead atoms. The van der Waals surface area contributed by atoms with Crippen LogP contribution < -0.4 is 0 Å². The number of amides is 1. The van der Waals surface area contributed by atoms with Crippen LogP contribution in [0, 0.1) is 6.92 Å². The van der Waals surface area contributed by atoms with E-state index < -0.39 is 11.9 Å². The van der Waals surface area contributed by atoms with Gasteiger partial charge in [0.25, 0.3) is 5.91 Å². The van der Waals surface area contributed by atoms with Crippen molar-refractivity contribution in [1.82, 2.24) is 29.5 Å². The lowest BCUT2D eigenvalue weighted by Crippen LogP contribution is -2.38. The normalized spacial score (nSPS) is 15.9. The van der Waals surface area contributed by atoms with E-state index in [9.17, 15) is 18.0 Å². The zero-order valence-corrected chi connectivity index (χ0v) is 15.0. The summed E-state index contributed by atoms with van der Waals surface area (Å²) in [5, 5.41) is 3.90. The van der Waals surface area contributed by atoms with Crippen LogP contribution in [-0.2, 0) is 6.18 Å². The molecule has 7 nitrogen and oxygen atoms in total. The molecule has 1 aliphatic rings. The Labute approximate surface area is 158 Å². The predicted octanol–water partition coefficient (Wildman–Crippen LogP) is 2.87. The topological polar surface area (TPSA) is 76.3 Å². The minimum atomic E-state index is -4.53. The summed E-state index contributed by atoms with van der Waals surface area (Å²) in [6, 6.07) is 2.61. The van der Waals surface area contributed by atoms with E-state index in [1.54, 1.807) is 11.8 Å². The second-order valence-electron chi connectivity index (χ2n) is 6.78. The molecule has 0 radical (unpaired) electrons. The fourth-order valence-electron chi connectivity index (χ4n) is 3.47. The molecule has 0 N–H and O–H groups in total. The Morgan fingerprint density at radius 3 is 2.57 bits per heavy atom. The van der Waals surface area contributed by atoms with Crippen LogP contribution in [0.2, 0.25) is 0 Å². The molecule has 4 heterocycles. The van der Waals surface area contributed by atoms with Gasteiger partial charge in [-0.2, -0.15) is 18.3 Å². The summed E-state index contributed by atoms with van der Waals surface area (Å²) in [4.78, 5) is 26.4. The van der Waals surface area contributed by atoms with Gasteiger partial charge >= 0.3 is 6.18 Å². The lowest BCUT2D eigenvalue weighted by Gasteiger charge is -2.31. The molecule has 4 rings (SSSR count). The van der Waals surface area contributed by atoms with Crippen LogP contribution in [0.4, 0.5) is 13.2 Å². The average molecular weight is 390 g/mol. The zero-order chi connectivity index (χ0) is 19.9. The third-order valence-electron chi connectivity index (χ3n) is 4.84. The molecule has 146 valence electrons. The highest BCUT2D eigenvalue weighted by molar-refractivity contribution is 5.92. The number of halogens is 3. The number of aryl methyl sites for hydroxylation is 1. The van der Waals surface area contributed by atoms with Crippen LogP contribution in [0.5, 0.6) is 0 Å². The summed E-state index contributed by atoms with van der Waals surface area (Å²) >= 11 is 0. The zero-order valence-electron chi connectivity index (χ0n) is 15.0. The highest BCUT2D eigenvalue weighted by Crippen LogP contribution is 2.34. The molecule has 0 saturated carbocycles. The van der Waals surface area contributed by atoms with E-state index in [0.717, 1.165) is 10.6 Å². The highest BCUT2D eigenvalue weighted by Gasteiger charge is 2.36. The first-order valence-corrected chi connectivity index (χ1v) is 8.83. The van der Waals surface area contributed by atoms with Crippen LogP contribution in [0.25, 0.3) is 5.65 Å². The maximum atomic E-state index is 13.5. The number of hydrogen-bond donors (Lipinski definition) is 0. The lowest BCUT2D eigenvalue weighted by atomic mass is 9.92. The number of likely N-dealkylation sites (tertiary alicyclic amines) is 1. The first-order valence-electron chi connectivity index (χ1n) is 8.83. The van der Waals surface area contributed by atoms with Gasteiger partial charge in [-0.3, -0.25) is 9.78 Å². The molecule has 0 spiro atoms. The van der Waals surface area contributed by atoms with Gasteiger partial charge < -0.3 is 4.90 Å². The molecule has 0 aliphatic carbocycles. The van der Waals surface area contributed by atoms with Crippen molar-refractivity contribution >= 4 is 11.6 Å². The molecule has 0 aromatic carbocycles. The van der Waals surface area contributed by atoms with Crippen LogP contribution in [0.15, 0.2) is 30.7 Å². The van der Waals surface area contributed by atoms with E-state index in [1.807, 2.05) is 0 Å².